The number of fused-ring (bicyclic) bond motifs is 1. The maximum absolute atomic E-state index is 14.3. The summed E-state index contributed by atoms with van der Waals surface area (Å²) in [5.41, 5.74) is 2.87. The van der Waals surface area contributed by atoms with Crippen LogP contribution in [-0.4, -0.2) is 45.4 Å². The number of carbonyl (C=O) groups is 1. The first kappa shape index (κ1) is 25.8. The Bertz CT molecular complexity index is 1110. The second kappa shape index (κ2) is 12.1. The molecule has 2 aromatic carbocycles. The van der Waals surface area contributed by atoms with Gasteiger partial charge < -0.3 is 14.4 Å². The smallest absolute Gasteiger partial charge is 0.257 e. The molecule has 3 aromatic rings. The van der Waals surface area contributed by atoms with Gasteiger partial charge in [-0.3, -0.25) is 4.79 Å². The fourth-order valence-corrected chi connectivity index (χ4v) is 4.26. The number of aryl methyl sites for hydroxylation is 1. The fourth-order valence-electron chi connectivity index (χ4n) is 4.26. The van der Waals surface area contributed by atoms with Gasteiger partial charge in [0.15, 0.2) is 0 Å². The minimum Gasteiger partial charge on any atom is -0.331 e. The molecule has 0 aliphatic carbocycles. The number of amides is 1. The van der Waals surface area contributed by atoms with Gasteiger partial charge in [-0.1, -0.05) is 33.3 Å². The van der Waals surface area contributed by atoms with Crippen molar-refractivity contribution in [2.45, 2.75) is 66.1 Å². The Morgan fingerprint density at radius 2 is 1.76 bits per heavy atom. The lowest BCUT2D eigenvalue weighted by Crippen LogP contribution is -2.33. The van der Waals surface area contributed by atoms with Gasteiger partial charge in [0.1, 0.15) is 17.5 Å². The maximum atomic E-state index is 14.3. The fraction of sp³-hybridized carbons (Fsp3) is 0.481. The van der Waals surface area contributed by atoms with Gasteiger partial charge in [0.25, 0.3) is 5.91 Å². The minimum absolute atomic E-state index is 0.239. The topological polar surface area (TPSA) is 41.4 Å². The summed E-state index contributed by atoms with van der Waals surface area (Å²) in [5.74, 6) is -1.11. The number of hydrogen-bond acceptors (Lipinski definition) is 3. The van der Waals surface area contributed by atoms with Crippen LogP contribution in [0.15, 0.2) is 36.4 Å². The summed E-state index contributed by atoms with van der Waals surface area (Å²) in [7, 11) is 2.13. The Balaban J connectivity index is 1.91. The molecule has 0 radical (unpaired) electrons. The average molecular weight is 471 g/mol. The molecule has 3 rings (SSSR count). The van der Waals surface area contributed by atoms with Crippen LogP contribution < -0.4 is 0 Å². The summed E-state index contributed by atoms with van der Waals surface area (Å²) >= 11 is 0. The summed E-state index contributed by atoms with van der Waals surface area (Å²) in [6.07, 6.45) is 3.95. The van der Waals surface area contributed by atoms with Crippen molar-refractivity contribution in [3.8, 4) is 0 Å². The molecule has 0 fully saturated rings. The number of aromatic nitrogens is 2. The third-order valence-corrected chi connectivity index (χ3v) is 5.96. The highest BCUT2D eigenvalue weighted by Gasteiger charge is 2.22. The number of rotatable bonds is 12. The van der Waals surface area contributed by atoms with Gasteiger partial charge in [-0.15, -0.1) is 0 Å². The Kier molecular flexibility index (Phi) is 9.16. The zero-order chi connectivity index (χ0) is 24.7. The summed E-state index contributed by atoms with van der Waals surface area (Å²) < 4.78 is 30.2. The zero-order valence-electron chi connectivity index (χ0n) is 20.8. The van der Waals surface area contributed by atoms with Gasteiger partial charge in [0.2, 0.25) is 0 Å². The van der Waals surface area contributed by atoms with Crippen molar-refractivity contribution in [1.29, 1.82) is 0 Å². The largest absolute Gasteiger partial charge is 0.331 e. The predicted molar refractivity (Wildman–Crippen MR) is 133 cm³/mol. The molecule has 7 heteroatoms. The van der Waals surface area contributed by atoms with Crippen LogP contribution >= 0.6 is 0 Å². The molecule has 34 heavy (non-hydrogen) atoms. The number of unbranched alkanes of at least 4 members (excludes halogenated alkanes) is 1. The monoisotopic (exact) mass is 470 g/mol. The van der Waals surface area contributed by atoms with Crippen LogP contribution in [-0.2, 0) is 19.6 Å². The molecular weight excluding hydrogens is 434 g/mol. The molecule has 0 aliphatic heterocycles. The molecule has 0 saturated heterocycles. The van der Waals surface area contributed by atoms with Crippen molar-refractivity contribution in [3.05, 3.63) is 65.0 Å². The Morgan fingerprint density at radius 1 is 0.971 bits per heavy atom. The Morgan fingerprint density at radius 3 is 2.47 bits per heavy atom. The molecule has 0 N–H and O–H groups in total. The van der Waals surface area contributed by atoms with Crippen molar-refractivity contribution in [1.82, 2.24) is 19.4 Å². The van der Waals surface area contributed by atoms with Crippen molar-refractivity contribution in [2.75, 3.05) is 20.1 Å². The highest BCUT2D eigenvalue weighted by molar-refractivity contribution is 5.94. The lowest BCUT2D eigenvalue weighted by molar-refractivity contribution is 0.0732. The van der Waals surface area contributed by atoms with E-state index in [0.717, 1.165) is 61.1 Å². The molecule has 0 aliphatic rings. The highest BCUT2D eigenvalue weighted by Crippen LogP contribution is 2.22. The molecule has 184 valence electrons. The van der Waals surface area contributed by atoms with Crippen molar-refractivity contribution >= 4 is 16.9 Å². The van der Waals surface area contributed by atoms with Gasteiger partial charge in [0, 0.05) is 19.6 Å². The summed E-state index contributed by atoms with van der Waals surface area (Å²) in [6.45, 7) is 9.59. The second-order valence-corrected chi connectivity index (χ2v) is 8.94. The molecule has 0 atom stereocenters. The first-order valence-electron chi connectivity index (χ1n) is 12.3. The van der Waals surface area contributed by atoms with Crippen LogP contribution in [0.3, 0.4) is 0 Å². The number of halogens is 2. The molecular formula is C27H36F2N4O. The lowest BCUT2D eigenvalue weighted by atomic mass is 10.1. The number of hydrogen-bond donors (Lipinski definition) is 0. The minimum atomic E-state index is -0.716. The number of benzene rings is 2. The van der Waals surface area contributed by atoms with Crippen LogP contribution in [0.4, 0.5) is 8.78 Å². The number of imidazole rings is 1. The van der Waals surface area contributed by atoms with Crippen LogP contribution in [0.2, 0.25) is 0 Å². The SMILES string of the molecule is CCCCN(C)Cc1ccc2c(c1)nc(CN(CCC)C(=O)c1cc(F)ccc1F)n2CCC. The van der Waals surface area contributed by atoms with Crippen LogP contribution in [0.5, 0.6) is 0 Å². The van der Waals surface area contributed by atoms with Crippen LogP contribution in [0.1, 0.15) is 68.2 Å². The van der Waals surface area contributed by atoms with Crippen molar-refractivity contribution in [2.24, 2.45) is 0 Å². The van der Waals surface area contributed by atoms with E-state index in [1.165, 1.54) is 18.4 Å². The molecule has 1 aromatic heterocycles. The molecule has 1 amide bonds. The van der Waals surface area contributed by atoms with Crippen LogP contribution in [0, 0.1) is 11.6 Å². The molecule has 0 unspecified atom stereocenters. The number of nitrogens with zero attached hydrogens (tertiary/aromatic N) is 4. The molecule has 0 spiro atoms. The molecule has 0 saturated carbocycles. The van der Waals surface area contributed by atoms with Gasteiger partial charge in [-0.05, 0) is 68.8 Å². The van der Waals surface area contributed by atoms with E-state index in [0.29, 0.717) is 13.0 Å². The first-order valence-corrected chi connectivity index (χ1v) is 12.3. The Labute approximate surface area is 201 Å². The third kappa shape index (κ3) is 6.20. The zero-order valence-corrected chi connectivity index (χ0v) is 20.8. The predicted octanol–water partition coefficient (Wildman–Crippen LogP) is 6.01. The van der Waals surface area contributed by atoms with E-state index in [-0.39, 0.29) is 12.1 Å². The molecule has 5 nitrogen and oxygen atoms in total. The highest BCUT2D eigenvalue weighted by atomic mass is 19.1. The second-order valence-electron chi connectivity index (χ2n) is 8.94. The van der Waals surface area contributed by atoms with E-state index in [4.69, 9.17) is 4.98 Å². The van der Waals surface area contributed by atoms with E-state index in [1.807, 2.05) is 6.92 Å². The quantitative estimate of drug-likeness (QED) is 0.326. The maximum Gasteiger partial charge on any atom is 0.257 e. The van der Waals surface area contributed by atoms with Gasteiger partial charge in [0.05, 0.1) is 23.1 Å². The van der Waals surface area contributed by atoms with E-state index < -0.39 is 17.5 Å². The molecule has 0 bridgehead atoms. The standard InChI is InChI=1S/C27H36F2N4O/c1-5-8-15-31(4)18-20-9-12-25-24(16-20)30-26(33(25)14-7-3)19-32(13-6-2)27(34)22-17-21(28)10-11-23(22)29/h9-12,16-17H,5-8,13-15,18-19H2,1-4H3. The summed E-state index contributed by atoms with van der Waals surface area (Å²) in [5, 5.41) is 0. The Hall–Kier alpha value is -2.80. The van der Waals surface area contributed by atoms with Gasteiger partial charge in [-0.25, -0.2) is 13.8 Å². The van der Waals surface area contributed by atoms with E-state index in [2.05, 4.69) is 48.6 Å². The first-order chi connectivity index (χ1) is 16.4. The van der Waals surface area contributed by atoms with Crippen molar-refractivity contribution in [3.63, 3.8) is 0 Å². The van der Waals surface area contributed by atoms with E-state index in [1.54, 1.807) is 4.90 Å². The summed E-state index contributed by atoms with van der Waals surface area (Å²) in [4.78, 5) is 21.9. The number of carbonyl (C=O) groups excluding carboxylic acids is 1. The van der Waals surface area contributed by atoms with E-state index >= 15 is 0 Å². The van der Waals surface area contributed by atoms with Gasteiger partial charge in [-0.2, -0.15) is 0 Å². The summed E-state index contributed by atoms with van der Waals surface area (Å²) in [6, 6.07) is 9.34. The van der Waals surface area contributed by atoms with Crippen LogP contribution in [0.25, 0.3) is 11.0 Å². The molecule has 1 heterocycles. The lowest BCUT2D eigenvalue weighted by Gasteiger charge is -2.23. The van der Waals surface area contributed by atoms with Gasteiger partial charge >= 0.3 is 0 Å². The average Bonchev–Trinajstić information content (AvgIpc) is 3.15. The van der Waals surface area contributed by atoms with E-state index in [9.17, 15) is 13.6 Å². The third-order valence-electron chi connectivity index (χ3n) is 5.96. The van der Waals surface area contributed by atoms with Crippen molar-refractivity contribution < 1.29 is 13.6 Å². The normalized spacial score (nSPS) is 11.5.